The van der Waals surface area contributed by atoms with Gasteiger partial charge < -0.3 is 4.79 Å². The summed E-state index contributed by atoms with van der Waals surface area (Å²) in [7, 11) is 0. The molecular formula is C6H11O. The van der Waals surface area contributed by atoms with E-state index in [1.54, 1.807) is 6.92 Å². The minimum atomic E-state index is 0.276. The molecule has 1 nitrogen and oxygen atoms in total. The normalized spacial score (nSPS) is 8.86. The third-order valence-corrected chi connectivity index (χ3v) is 0.785. The molecule has 0 aromatic heterocycles. The van der Waals surface area contributed by atoms with Crippen molar-refractivity contribution < 1.29 is 4.79 Å². The van der Waals surface area contributed by atoms with Gasteiger partial charge in [0, 0.05) is 6.42 Å². The van der Waals surface area contributed by atoms with Crippen LogP contribution in [-0.4, -0.2) is 5.78 Å². The molecule has 0 aliphatic carbocycles. The first-order valence-electron chi connectivity index (χ1n) is 2.54. The Bertz CT molecular complexity index is 57.2. The first kappa shape index (κ1) is 6.67. The van der Waals surface area contributed by atoms with Crippen LogP contribution in [0.15, 0.2) is 0 Å². The Morgan fingerprint density at radius 1 is 1.71 bits per heavy atom. The quantitative estimate of drug-likeness (QED) is 0.525. The molecule has 0 aromatic rings. The lowest BCUT2D eigenvalue weighted by Crippen LogP contribution is -1.86. The Morgan fingerprint density at radius 3 is 2.43 bits per heavy atom. The number of unbranched alkanes of at least 4 members (excludes halogenated alkanes) is 1. The highest BCUT2D eigenvalue weighted by molar-refractivity contribution is 5.75. The molecule has 0 bridgehead atoms. The van der Waals surface area contributed by atoms with Gasteiger partial charge in [0.15, 0.2) is 0 Å². The molecular weight excluding hydrogens is 88.1 g/mol. The molecule has 0 aliphatic heterocycles. The zero-order valence-corrected chi connectivity index (χ0v) is 4.90. The van der Waals surface area contributed by atoms with Crippen LogP contribution in [0.3, 0.4) is 0 Å². The standard InChI is InChI=1S/C6H11O/c1-3-4-5-6(2)7/h3H,4-5H2,1-2H3. The van der Waals surface area contributed by atoms with E-state index >= 15 is 0 Å². The lowest BCUT2D eigenvalue weighted by molar-refractivity contribution is -0.116. The number of rotatable bonds is 3. The smallest absolute Gasteiger partial charge is 0.129 e. The number of hydrogen-bond donors (Lipinski definition) is 0. The summed E-state index contributed by atoms with van der Waals surface area (Å²) in [6.07, 6.45) is 3.63. The van der Waals surface area contributed by atoms with Gasteiger partial charge in [-0.1, -0.05) is 6.92 Å². The van der Waals surface area contributed by atoms with Crippen LogP contribution in [0.2, 0.25) is 0 Å². The molecule has 7 heavy (non-hydrogen) atoms. The van der Waals surface area contributed by atoms with Crippen molar-refractivity contribution in [2.75, 3.05) is 0 Å². The second kappa shape index (κ2) is 3.85. The number of Topliss-reactive ketones (excluding diaryl/α,β-unsaturated/α-hetero) is 1. The summed E-state index contributed by atoms with van der Waals surface area (Å²) in [5, 5.41) is 0. The highest BCUT2D eigenvalue weighted by Gasteiger charge is 1.87. The summed E-state index contributed by atoms with van der Waals surface area (Å²) in [5.41, 5.74) is 0. The van der Waals surface area contributed by atoms with Crippen molar-refractivity contribution >= 4 is 5.78 Å². The third-order valence-electron chi connectivity index (χ3n) is 0.785. The molecule has 0 aliphatic rings. The lowest BCUT2D eigenvalue weighted by Gasteiger charge is -1.86. The average Bonchev–Trinajstić information content (AvgIpc) is 1.61. The highest BCUT2D eigenvalue weighted by Crippen LogP contribution is 1.91. The van der Waals surface area contributed by atoms with Crippen molar-refractivity contribution in [1.82, 2.24) is 0 Å². The summed E-state index contributed by atoms with van der Waals surface area (Å²) in [6, 6.07) is 0. The molecule has 0 unspecified atom stereocenters. The molecule has 0 aromatic carbocycles. The second-order valence-corrected chi connectivity index (χ2v) is 1.65. The number of ketones is 1. The van der Waals surface area contributed by atoms with E-state index in [1.165, 1.54) is 0 Å². The van der Waals surface area contributed by atoms with Gasteiger partial charge in [-0.3, -0.25) is 0 Å². The fraction of sp³-hybridized carbons (Fsp3) is 0.667. The Labute approximate surface area is 44.7 Å². The fourth-order valence-corrected chi connectivity index (χ4v) is 0.348. The SMILES string of the molecule is C[CH]CCC(C)=O. The van der Waals surface area contributed by atoms with Gasteiger partial charge in [-0.2, -0.15) is 0 Å². The largest absolute Gasteiger partial charge is 0.300 e. The van der Waals surface area contributed by atoms with E-state index in [4.69, 9.17) is 0 Å². The van der Waals surface area contributed by atoms with Gasteiger partial charge in [0.25, 0.3) is 0 Å². The van der Waals surface area contributed by atoms with Crippen LogP contribution >= 0.6 is 0 Å². The van der Waals surface area contributed by atoms with Gasteiger partial charge in [-0.25, -0.2) is 0 Å². The number of hydrogen-bond acceptors (Lipinski definition) is 1. The summed E-state index contributed by atoms with van der Waals surface area (Å²) in [6.45, 7) is 3.58. The molecule has 0 spiro atoms. The Balaban J connectivity index is 2.82. The van der Waals surface area contributed by atoms with Crippen LogP contribution in [0.25, 0.3) is 0 Å². The first-order chi connectivity index (χ1) is 3.27. The predicted octanol–water partition coefficient (Wildman–Crippen LogP) is 1.58. The maximum absolute atomic E-state index is 10.2. The third kappa shape index (κ3) is 5.67. The Morgan fingerprint density at radius 2 is 2.29 bits per heavy atom. The lowest BCUT2D eigenvalue weighted by atomic mass is 10.2. The summed E-state index contributed by atoms with van der Waals surface area (Å²) < 4.78 is 0. The van der Waals surface area contributed by atoms with Crippen molar-refractivity contribution in [2.45, 2.75) is 26.7 Å². The molecule has 1 heteroatoms. The van der Waals surface area contributed by atoms with Gasteiger partial charge in [0.2, 0.25) is 0 Å². The molecule has 0 saturated carbocycles. The van der Waals surface area contributed by atoms with Crippen molar-refractivity contribution in [3.63, 3.8) is 0 Å². The van der Waals surface area contributed by atoms with Gasteiger partial charge >= 0.3 is 0 Å². The monoisotopic (exact) mass is 99.1 g/mol. The molecule has 1 radical (unpaired) electrons. The number of carbonyl (C=O) groups is 1. The van der Waals surface area contributed by atoms with E-state index in [9.17, 15) is 4.79 Å². The predicted molar refractivity (Wildman–Crippen MR) is 29.9 cm³/mol. The maximum Gasteiger partial charge on any atom is 0.129 e. The Hall–Kier alpha value is -0.330. The van der Waals surface area contributed by atoms with Crippen molar-refractivity contribution in [3.05, 3.63) is 6.42 Å². The molecule has 0 fully saturated rings. The topological polar surface area (TPSA) is 17.1 Å². The summed E-state index contributed by atoms with van der Waals surface area (Å²) in [4.78, 5) is 10.2. The fourth-order valence-electron chi connectivity index (χ4n) is 0.348. The molecule has 0 rings (SSSR count). The van der Waals surface area contributed by atoms with Crippen molar-refractivity contribution in [3.8, 4) is 0 Å². The number of carbonyl (C=O) groups excluding carboxylic acids is 1. The first-order valence-corrected chi connectivity index (χ1v) is 2.54. The van der Waals surface area contributed by atoms with Gasteiger partial charge in [0.05, 0.1) is 0 Å². The van der Waals surface area contributed by atoms with E-state index in [1.807, 2.05) is 13.3 Å². The molecule has 0 saturated heterocycles. The zero-order valence-electron chi connectivity index (χ0n) is 4.90. The van der Waals surface area contributed by atoms with Crippen LogP contribution in [-0.2, 0) is 4.79 Å². The van der Waals surface area contributed by atoms with Crippen LogP contribution in [0.5, 0.6) is 0 Å². The van der Waals surface area contributed by atoms with Crippen LogP contribution < -0.4 is 0 Å². The molecule has 0 heterocycles. The van der Waals surface area contributed by atoms with E-state index < -0.39 is 0 Å². The van der Waals surface area contributed by atoms with Crippen molar-refractivity contribution in [2.24, 2.45) is 0 Å². The molecule has 0 amide bonds. The van der Waals surface area contributed by atoms with Crippen LogP contribution in [0.1, 0.15) is 26.7 Å². The minimum absolute atomic E-state index is 0.276. The van der Waals surface area contributed by atoms with E-state index in [0.29, 0.717) is 6.42 Å². The van der Waals surface area contributed by atoms with E-state index in [0.717, 1.165) is 6.42 Å². The van der Waals surface area contributed by atoms with Crippen molar-refractivity contribution in [1.29, 1.82) is 0 Å². The van der Waals surface area contributed by atoms with Crippen LogP contribution in [0, 0.1) is 6.42 Å². The van der Waals surface area contributed by atoms with Gasteiger partial charge in [-0.05, 0) is 19.8 Å². The molecule has 41 valence electrons. The highest BCUT2D eigenvalue weighted by atomic mass is 16.1. The molecule has 0 atom stereocenters. The summed E-state index contributed by atoms with van der Waals surface area (Å²) in [5.74, 6) is 0.276. The maximum atomic E-state index is 10.2. The summed E-state index contributed by atoms with van der Waals surface area (Å²) >= 11 is 0. The second-order valence-electron chi connectivity index (χ2n) is 1.65. The average molecular weight is 99.2 g/mol. The Kier molecular flexibility index (Phi) is 3.67. The zero-order chi connectivity index (χ0) is 5.70. The van der Waals surface area contributed by atoms with Gasteiger partial charge in [0.1, 0.15) is 5.78 Å². The van der Waals surface area contributed by atoms with E-state index in [2.05, 4.69) is 0 Å². The molecule has 0 N–H and O–H groups in total. The minimum Gasteiger partial charge on any atom is -0.300 e. The van der Waals surface area contributed by atoms with Crippen LogP contribution in [0.4, 0.5) is 0 Å². The van der Waals surface area contributed by atoms with E-state index in [-0.39, 0.29) is 5.78 Å². The van der Waals surface area contributed by atoms with Gasteiger partial charge in [-0.15, -0.1) is 0 Å².